The van der Waals surface area contributed by atoms with Gasteiger partial charge in [0.05, 0.1) is 51.3 Å². The minimum Gasteiger partial charge on any atom is -0.390 e. The highest BCUT2D eigenvalue weighted by Crippen LogP contribution is 2.56. The number of rotatable bonds is 35. The van der Waals surface area contributed by atoms with E-state index in [9.17, 15) is 105 Å². The lowest BCUT2D eigenvalue weighted by Crippen LogP contribution is -2.48. The van der Waals surface area contributed by atoms with E-state index in [1.54, 1.807) is 10.8 Å². The van der Waals surface area contributed by atoms with Crippen LogP contribution in [-0.4, -0.2) is 206 Å². The fourth-order valence-electron chi connectivity index (χ4n) is 13.4. The van der Waals surface area contributed by atoms with Gasteiger partial charge in [0.2, 0.25) is 5.91 Å². The highest BCUT2D eigenvalue weighted by atomic mass is 33.1. The lowest BCUT2D eigenvalue weighted by Gasteiger charge is -2.30. The summed E-state index contributed by atoms with van der Waals surface area (Å²) in [7, 11) is -24.3. The maximum Gasteiger partial charge on any atom is 0.472 e. The van der Waals surface area contributed by atoms with Crippen molar-refractivity contribution < 1.29 is 126 Å². The molecule has 49 nitrogen and oxygen atoms in total. The third-order valence-corrected chi connectivity index (χ3v) is 28.0. The number of carbonyl (C=O) groups is 1. The molecular formula is C63H91N12O37P5S2. The number of phosphoric ester groups is 5. The number of nitrogens with one attached hydrogen (secondary N) is 6. The van der Waals surface area contributed by atoms with Gasteiger partial charge in [0.15, 0.2) is 0 Å². The number of hydrogen-bond acceptors (Lipinski definition) is 35. The van der Waals surface area contributed by atoms with Crippen LogP contribution < -0.4 is 67.3 Å². The zero-order chi connectivity index (χ0) is 86.9. The highest BCUT2D eigenvalue weighted by molar-refractivity contribution is 8.77. The van der Waals surface area contributed by atoms with Gasteiger partial charge in [-0.3, -0.25) is 122 Å². The van der Waals surface area contributed by atoms with Crippen molar-refractivity contribution in [1.29, 1.82) is 0 Å². The Morgan fingerprint density at radius 1 is 0.445 bits per heavy atom. The first kappa shape index (κ1) is 93.5. The lowest BCUT2D eigenvalue weighted by atomic mass is 9.93. The topological polar surface area (TPSA) is 675 Å². The van der Waals surface area contributed by atoms with Gasteiger partial charge in [-0.1, -0.05) is 42.4 Å². The molecule has 1 aliphatic carbocycles. The maximum atomic E-state index is 14.3. The molecule has 0 aromatic carbocycles. The predicted molar refractivity (Wildman–Crippen MR) is 410 cm³/mol. The minimum absolute atomic E-state index is 0.0117. The van der Waals surface area contributed by atoms with Gasteiger partial charge in [-0.05, 0) is 60.3 Å². The van der Waals surface area contributed by atoms with Crippen molar-refractivity contribution >= 4 is 66.6 Å². The van der Waals surface area contributed by atoms with Crippen LogP contribution >= 0.6 is 60.7 Å². The average molecular weight is 1830 g/mol. The number of H-pyrrole nitrogens is 5. The van der Waals surface area contributed by atoms with Crippen LogP contribution in [-0.2, 0) is 96.5 Å². The van der Waals surface area contributed by atoms with Crippen LogP contribution in [0.15, 0.2) is 78.9 Å². The van der Waals surface area contributed by atoms with Gasteiger partial charge in [-0.2, -0.15) is 0 Å². The highest BCUT2D eigenvalue weighted by Gasteiger charge is 2.51. The molecule has 1 saturated carbocycles. The Morgan fingerprint density at radius 2 is 0.697 bits per heavy atom. The summed E-state index contributed by atoms with van der Waals surface area (Å²) in [4.78, 5) is 207. The SMILES string of the molecule is Cc1cn([C@H]2C[C@H](OP(=O)(O)OC[C@H]3O[C@@H](n4cc(C)c(=O)[nH]c4=O)C[C@@H]3OP(=O)(O)OC[C@H]3O[C@@H](n4cc(C)c(=O)[nH]c4=O)C[C@@H]3OP(=O)(O)OC[C@H]3O[C@@H](n4cc(C)c(=O)[nH]c4=O)C[C@@H]3OP(=O)(O)OC[C@H]3O[C@@H](n4cc(C)c(=O)[nH]c4=O)C[C@@H]3O)[C@@H](COP(=O)(O)OC3CCC(NC(=O)[C@@H](N)CSSC(C)(C)C)CC3)O2)c(=O)[nH]c1=O. The first-order valence-corrected chi connectivity index (χ1v) is 46.6. The molecule has 6 aliphatic rings. The molecule has 5 aliphatic heterocycles. The molecule has 0 spiro atoms. The van der Waals surface area contributed by atoms with E-state index in [2.05, 4.69) is 30.2 Å². The predicted octanol–water partition coefficient (Wildman–Crippen LogP) is 0.155. The molecule has 14 N–H and O–H groups in total. The normalized spacial score (nSPS) is 29.5. The summed E-state index contributed by atoms with van der Waals surface area (Å²) in [6, 6.07) is -1.13. The van der Waals surface area contributed by atoms with Crippen LogP contribution in [0.5, 0.6) is 0 Å². The van der Waals surface area contributed by atoms with Crippen LogP contribution in [0.1, 0.15) is 138 Å². The summed E-state index contributed by atoms with van der Waals surface area (Å²) in [5.41, 5.74) is -2.91. The van der Waals surface area contributed by atoms with Crippen LogP contribution in [0.2, 0.25) is 0 Å². The Balaban J connectivity index is 0.765. The number of aliphatic hydroxyl groups excluding tert-OH is 1. The number of aromatic nitrogens is 10. The molecule has 5 aromatic rings. The number of aromatic amines is 5. The van der Waals surface area contributed by atoms with Gasteiger partial charge in [-0.15, -0.1) is 0 Å². The van der Waals surface area contributed by atoms with Crippen molar-refractivity contribution in [3.8, 4) is 0 Å². The van der Waals surface area contributed by atoms with Crippen molar-refractivity contribution in [1.82, 2.24) is 53.1 Å². The Labute approximate surface area is 678 Å². The van der Waals surface area contributed by atoms with Gasteiger partial charge in [0.25, 0.3) is 27.8 Å². The molecule has 662 valence electrons. The van der Waals surface area contributed by atoms with Gasteiger partial charge >= 0.3 is 67.6 Å². The Bertz CT molecular complexity index is 5440. The molecule has 56 heteroatoms. The zero-order valence-electron chi connectivity index (χ0n) is 64.6. The summed E-state index contributed by atoms with van der Waals surface area (Å²) in [5.74, 6) is -0.0204. The largest absolute Gasteiger partial charge is 0.472 e. The second kappa shape index (κ2) is 38.1. The number of nitrogens with two attached hydrogens (primary N) is 1. The third kappa shape index (κ3) is 24.7. The molecule has 10 heterocycles. The number of amides is 1. The maximum absolute atomic E-state index is 14.3. The second-order valence-corrected chi connectivity index (χ2v) is 40.1. The second-order valence-electron chi connectivity index (χ2n) is 29.9. The fourth-order valence-corrected chi connectivity index (χ4v) is 20.7. The van der Waals surface area contributed by atoms with Crippen molar-refractivity contribution in [2.45, 2.75) is 228 Å². The van der Waals surface area contributed by atoms with E-state index in [-0.39, 0.29) is 63.8 Å². The Hall–Kier alpha value is -6.16. The molecule has 5 saturated heterocycles. The van der Waals surface area contributed by atoms with E-state index < -0.39 is 258 Å². The van der Waals surface area contributed by atoms with Crippen LogP contribution in [0.25, 0.3) is 0 Å². The summed E-state index contributed by atoms with van der Waals surface area (Å²) < 4.78 is 159. The molecule has 1 amide bonds. The summed E-state index contributed by atoms with van der Waals surface area (Å²) in [6.07, 6.45) is -21.2. The van der Waals surface area contributed by atoms with Crippen molar-refractivity contribution in [2.75, 3.05) is 38.8 Å². The number of aryl methyl sites for hydroxylation is 5. The Morgan fingerprint density at radius 3 is 0.975 bits per heavy atom. The van der Waals surface area contributed by atoms with E-state index in [0.717, 1.165) is 47.6 Å². The summed E-state index contributed by atoms with van der Waals surface area (Å²) in [6.45, 7) is 7.49. The number of hydrogen-bond donors (Lipinski definition) is 13. The first-order valence-electron chi connectivity index (χ1n) is 36.8. The lowest BCUT2D eigenvalue weighted by molar-refractivity contribution is -0.123. The van der Waals surface area contributed by atoms with Crippen LogP contribution in [0.3, 0.4) is 0 Å². The van der Waals surface area contributed by atoms with E-state index in [1.165, 1.54) is 51.6 Å². The molecule has 6 fully saturated rings. The van der Waals surface area contributed by atoms with E-state index in [1.807, 2.05) is 20.8 Å². The third-order valence-electron chi connectivity index (χ3n) is 19.5. The number of phosphoric acid groups is 5. The first-order chi connectivity index (χ1) is 55.6. The zero-order valence-corrected chi connectivity index (χ0v) is 70.7. The molecule has 119 heavy (non-hydrogen) atoms. The molecule has 5 aromatic heterocycles. The van der Waals surface area contributed by atoms with Crippen LogP contribution in [0.4, 0.5) is 0 Å². The number of ether oxygens (including phenoxy) is 5. The minimum atomic E-state index is -5.68. The van der Waals surface area contributed by atoms with E-state index in [0.29, 0.717) is 18.6 Å². The van der Waals surface area contributed by atoms with Crippen molar-refractivity contribution in [3.63, 3.8) is 0 Å². The van der Waals surface area contributed by atoms with Gasteiger partial charge < -0.3 is 64.3 Å². The van der Waals surface area contributed by atoms with E-state index in [4.69, 9.17) is 74.7 Å². The molecule has 21 atom stereocenters. The van der Waals surface area contributed by atoms with Gasteiger partial charge in [0.1, 0.15) is 86.1 Å². The summed E-state index contributed by atoms with van der Waals surface area (Å²) >= 11 is 0. The van der Waals surface area contributed by atoms with Crippen molar-refractivity contribution in [2.24, 2.45) is 5.73 Å². The average Bonchev–Trinajstić information content (AvgIpc) is 1.66. The number of aliphatic hydroxyl groups is 1. The molecule has 0 radical (unpaired) electrons. The summed E-state index contributed by atoms with van der Waals surface area (Å²) in [5, 5.41) is 13.7. The van der Waals surface area contributed by atoms with E-state index >= 15 is 0 Å². The quantitative estimate of drug-likeness (QED) is 0.0190. The fraction of sp³-hybridized carbons (Fsp3) is 0.667. The molecule has 0 bridgehead atoms. The number of nitrogens with zero attached hydrogens (tertiary/aromatic N) is 5. The Kier molecular flexibility index (Phi) is 30.0. The van der Waals surface area contributed by atoms with Crippen LogP contribution in [0, 0.1) is 34.6 Å². The van der Waals surface area contributed by atoms with Gasteiger partial charge in [0, 0.05) is 107 Å². The standard InChI is InChI=1S/C63H91N12O37P5S2/c1-29-18-71(58(83)66-52(29)77)47-13-37(76)42(103-47)23-98-114(90,91)109-39-15-49(73-20-31(3)54(79)68-60(73)85)105-44(39)25-100-116(94,95)111-41-17-51(75-22-33(5)56(81)70-62(75)87)107-46(41)27-102-117(96,97)112-40-16-50(74-21-32(4)55(80)69-61(74)86)106-45(40)26-101-115(92,93)110-38-14-48(72-19-30(2)53(78)67-59(72)84)104-43(38)24-99-113(88,89)108-35-11-9-34(10-12-35)65-57(82)36(64)28-118-119-63(6,7)8/h18-22,34-51,76H,9-17,23-28,64H2,1-8H3,(H,65,82)(H,88,89)(H,90,91)(H,92,93)(H,94,95)(H,96,97)(H,66,77,83)(H,67,78,84)(H,68,79,85)(H,69,80,86)(H,70,81,87)/t34?,35?,36-,37-,38-,39-,40-,41-,42+,43+,44+,45+,46+,47+,48+,49+,50+,51+/m0/s1. The van der Waals surface area contributed by atoms with Crippen molar-refractivity contribution in [3.05, 3.63) is 163 Å². The molecular weight excluding hydrogens is 1740 g/mol. The monoisotopic (exact) mass is 1830 g/mol. The molecule has 5 unspecified atom stereocenters. The number of carbonyl (C=O) groups excluding carboxylic acids is 1. The molecule has 11 rings (SSSR count). The van der Waals surface area contributed by atoms with Gasteiger partial charge in [-0.25, -0.2) is 46.8 Å². The smallest absolute Gasteiger partial charge is 0.390 e.